The average Bonchev–Trinajstić information content (AvgIpc) is 3.65. The Morgan fingerprint density at radius 3 is 2.79 bits per heavy atom. The number of amides is 2. The summed E-state index contributed by atoms with van der Waals surface area (Å²) in [5, 5.41) is 15.5. The van der Waals surface area contributed by atoms with Crippen molar-refractivity contribution >= 4 is 45.9 Å². The fourth-order valence-corrected chi connectivity index (χ4v) is 4.86. The number of hydrogen-bond acceptors (Lipinski definition) is 6. The van der Waals surface area contributed by atoms with E-state index in [1.807, 2.05) is 24.3 Å². The Hall–Kier alpha value is -3.46. The van der Waals surface area contributed by atoms with Crippen LogP contribution in [0.25, 0.3) is 10.9 Å². The van der Waals surface area contributed by atoms with E-state index in [2.05, 4.69) is 10.3 Å². The molecule has 8 nitrogen and oxygen atoms in total. The maximum Gasteiger partial charge on any atom is 0.269 e. The van der Waals surface area contributed by atoms with E-state index in [4.69, 9.17) is 0 Å². The number of aromatic nitrogens is 1. The van der Waals surface area contributed by atoms with Crippen LogP contribution in [0.4, 0.5) is 11.4 Å². The highest BCUT2D eigenvalue weighted by Crippen LogP contribution is 2.32. The van der Waals surface area contributed by atoms with Gasteiger partial charge in [-0.15, -0.1) is 0 Å². The third-order valence-electron chi connectivity index (χ3n) is 5.89. The number of benzene rings is 2. The van der Waals surface area contributed by atoms with Crippen LogP contribution in [-0.4, -0.2) is 40.1 Å². The molecule has 2 heterocycles. The van der Waals surface area contributed by atoms with Crippen LogP contribution in [0.3, 0.4) is 0 Å². The zero-order valence-corrected chi connectivity index (χ0v) is 18.6. The lowest BCUT2D eigenvalue weighted by Gasteiger charge is -2.29. The standard InChI is InChI=1S/C24H22N4O4S/c29-23(27-11-3-4-15-12-17(28(31)32)9-10-21(15)27)14-33-22-13-19(24(30)25-16-7-8-16)18-5-1-2-6-20(18)26-22/h1-2,5-6,9-10,12-13,16H,3-4,7-8,11,14H2,(H,25,30). The van der Waals surface area contributed by atoms with Gasteiger partial charge in [0.05, 0.1) is 26.8 Å². The molecule has 0 radical (unpaired) electrons. The topological polar surface area (TPSA) is 105 Å². The lowest BCUT2D eigenvalue weighted by Crippen LogP contribution is -2.36. The quantitative estimate of drug-likeness (QED) is 0.336. The minimum Gasteiger partial charge on any atom is -0.349 e. The average molecular weight is 463 g/mol. The molecule has 5 rings (SSSR count). The first kappa shape index (κ1) is 21.4. The van der Waals surface area contributed by atoms with Gasteiger partial charge in [-0.3, -0.25) is 19.7 Å². The molecular formula is C24H22N4O4S. The second kappa shape index (κ2) is 8.82. The number of anilines is 1. The van der Waals surface area contributed by atoms with Gasteiger partial charge in [-0.1, -0.05) is 30.0 Å². The molecule has 2 aromatic carbocycles. The van der Waals surface area contributed by atoms with Crippen LogP contribution >= 0.6 is 11.8 Å². The molecule has 2 amide bonds. The maximum absolute atomic E-state index is 13.1. The number of rotatable bonds is 6. The molecule has 1 saturated carbocycles. The van der Waals surface area contributed by atoms with Gasteiger partial charge in [0, 0.05) is 35.8 Å². The number of pyridine rings is 1. The van der Waals surface area contributed by atoms with Gasteiger partial charge in [-0.25, -0.2) is 4.98 Å². The summed E-state index contributed by atoms with van der Waals surface area (Å²) in [5.74, 6) is -0.0459. The van der Waals surface area contributed by atoms with Gasteiger partial charge < -0.3 is 10.2 Å². The van der Waals surface area contributed by atoms with Gasteiger partial charge >= 0.3 is 0 Å². The highest BCUT2D eigenvalue weighted by atomic mass is 32.2. The number of fused-ring (bicyclic) bond motifs is 2. The van der Waals surface area contributed by atoms with Crippen molar-refractivity contribution in [3.63, 3.8) is 0 Å². The number of carbonyl (C=O) groups excluding carboxylic acids is 2. The second-order valence-corrected chi connectivity index (χ2v) is 9.28. The molecule has 1 aliphatic carbocycles. The smallest absolute Gasteiger partial charge is 0.269 e. The van der Waals surface area contributed by atoms with Crippen molar-refractivity contribution in [3.05, 3.63) is 69.8 Å². The number of carbonyl (C=O) groups is 2. The van der Waals surface area contributed by atoms with Crippen LogP contribution in [0.1, 0.15) is 35.2 Å². The van der Waals surface area contributed by atoms with Gasteiger partial charge in [0.15, 0.2) is 0 Å². The Morgan fingerprint density at radius 2 is 2.00 bits per heavy atom. The van der Waals surface area contributed by atoms with Crippen LogP contribution in [0, 0.1) is 10.1 Å². The van der Waals surface area contributed by atoms with Crippen molar-refractivity contribution in [1.82, 2.24) is 10.3 Å². The number of aryl methyl sites for hydroxylation is 1. The van der Waals surface area contributed by atoms with Crippen molar-refractivity contribution in [2.45, 2.75) is 36.8 Å². The molecule has 1 aliphatic heterocycles. The normalized spacial score (nSPS) is 15.2. The maximum atomic E-state index is 13.1. The number of hydrogen-bond donors (Lipinski definition) is 1. The van der Waals surface area contributed by atoms with Crippen molar-refractivity contribution in [2.75, 3.05) is 17.2 Å². The summed E-state index contributed by atoms with van der Waals surface area (Å²) in [5.41, 5.74) is 2.87. The zero-order valence-electron chi connectivity index (χ0n) is 17.8. The highest BCUT2D eigenvalue weighted by molar-refractivity contribution is 7.99. The molecule has 0 atom stereocenters. The van der Waals surface area contributed by atoms with Crippen LogP contribution in [0.15, 0.2) is 53.6 Å². The van der Waals surface area contributed by atoms with Crippen molar-refractivity contribution < 1.29 is 14.5 Å². The molecule has 1 N–H and O–H groups in total. The van der Waals surface area contributed by atoms with E-state index < -0.39 is 4.92 Å². The molecular weight excluding hydrogens is 440 g/mol. The van der Waals surface area contributed by atoms with Crippen molar-refractivity contribution in [3.8, 4) is 0 Å². The number of nitro groups is 1. The number of thioether (sulfide) groups is 1. The lowest BCUT2D eigenvalue weighted by molar-refractivity contribution is -0.384. The van der Waals surface area contributed by atoms with Gasteiger partial charge in [-0.2, -0.15) is 0 Å². The van der Waals surface area contributed by atoms with Crippen LogP contribution in [0.2, 0.25) is 0 Å². The molecule has 1 fully saturated rings. The third kappa shape index (κ3) is 4.54. The molecule has 2 aliphatic rings. The molecule has 0 unspecified atom stereocenters. The third-order valence-corrected chi connectivity index (χ3v) is 6.78. The van der Waals surface area contributed by atoms with E-state index >= 15 is 0 Å². The van der Waals surface area contributed by atoms with Crippen LogP contribution < -0.4 is 10.2 Å². The van der Waals surface area contributed by atoms with E-state index in [9.17, 15) is 19.7 Å². The predicted molar refractivity (Wildman–Crippen MR) is 127 cm³/mol. The summed E-state index contributed by atoms with van der Waals surface area (Å²) >= 11 is 1.30. The lowest BCUT2D eigenvalue weighted by atomic mass is 10.0. The number of para-hydroxylation sites is 1. The molecule has 0 spiro atoms. The first-order valence-corrected chi connectivity index (χ1v) is 11.9. The summed E-state index contributed by atoms with van der Waals surface area (Å²) in [4.78, 5) is 42.8. The SMILES string of the molecule is O=C(NC1CC1)c1cc(SCC(=O)N2CCCc3cc([N+](=O)[O-])ccc32)nc2ccccc12. The molecule has 1 aromatic heterocycles. The monoisotopic (exact) mass is 462 g/mol. The minimum atomic E-state index is -0.417. The second-order valence-electron chi connectivity index (χ2n) is 8.28. The number of non-ortho nitro benzene ring substituents is 1. The Bertz CT molecular complexity index is 1270. The fourth-order valence-electron chi connectivity index (χ4n) is 4.07. The zero-order chi connectivity index (χ0) is 22.9. The predicted octanol–water partition coefficient (Wildman–Crippen LogP) is 4.11. The molecule has 3 aromatic rings. The van der Waals surface area contributed by atoms with Crippen LogP contribution in [0.5, 0.6) is 0 Å². The van der Waals surface area contributed by atoms with E-state index in [1.54, 1.807) is 23.1 Å². The van der Waals surface area contributed by atoms with Crippen LogP contribution in [-0.2, 0) is 11.2 Å². The number of nitrogens with one attached hydrogen (secondary N) is 1. The van der Waals surface area contributed by atoms with E-state index in [0.717, 1.165) is 35.9 Å². The Labute approximate surface area is 194 Å². The van der Waals surface area contributed by atoms with E-state index in [0.29, 0.717) is 29.1 Å². The summed E-state index contributed by atoms with van der Waals surface area (Å²) in [6.07, 6.45) is 3.47. The molecule has 0 saturated heterocycles. The number of nitrogens with zero attached hydrogens (tertiary/aromatic N) is 3. The first-order chi connectivity index (χ1) is 16.0. The summed E-state index contributed by atoms with van der Waals surface area (Å²) < 4.78 is 0. The van der Waals surface area contributed by atoms with Gasteiger partial charge in [-0.05, 0) is 49.4 Å². The first-order valence-electron chi connectivity index (χ1n) is 10.9. The summed E-state index contributed by atoms with van der Waals surface area (Å²) in [7, 11) is 0. The highest BCUT2D eigenvalue weighted by Gasteiger charge is 2.26. The molecule has 33 heavy (non-hydrogen) atoms. The Morgan fingerprint density at radius 1 is 1.18 bits per heavy atom. The Balaban J connectivity index is 1.35. The largest absolute Gasteiger partial charge is 0.349 e. The molecule has 9 heteroatoms. The molecule has 168 valence electrons. The van der Waals surface area contributed by atoms with Gasteiger partial charge in [0.2, 0.25) is 5.91 Å². The molecule has 0 bridgehead atoms. The summed E-state index contributed by atoms with van der Waals surface area (Å²) in [6, 6.07) is 14.2. The van der Waals surface area contributed by atoms with Gasteiger partial charge in [0.1, 0.15) is 0 Å². The van der Waals surface area contributed by atoms with E-state index in [1.165, 1.54) is 17.8 Å². The minimum absolute atomic E-state index is 0.0368. The fraction of sp³-hybridized carbons (Fsp3) is 0.292. The van der Waals surface area contributed by atoms with Crippen molar-refractivity contribution in [1.29, 1.82) is 0 Å². The van der Waals surface area contributed by atoms with Gasteiger partial charge in [0.25, 0.3) is 11.6 Å². The summed E-state index contributed by atoms with van der Waals surface area (Å²) in [6.45, 7) is 0.574. The number of nitro benzene ring substituents is 1. The van der Waals surface area contributed by atoms with E-state index in [-0.39, 0.29) is 29.3 Å². The van der Waals surface area contributed by atoms with Crippen molar-refractivity contribution in [2.24, 2.45) is 0 Å². The Kier molecular flexibility index (Phi) is 5.72.